The number of para-hydroxylation sites is 1. The van der Waals surface area contributed by atoms with Crippen LogP contribution in [0, 0.1) is 0 Å². The number of rotatable bonds is 6. The molecule has 4 rings (SSSR count). The highest BCUT2D eigenvalue weighted by molar-refractivity contribution is 6.20. The van der Waals surface area contributed by atoms with Crippen LogP contribution in [0.2, 0.25) is 0 Å². The molecule has 7 nitrogen and oxygen atoms in total. The largest absolute Gasteiger partial charge is 0.489 e. The molecule has 0 unspecified atom stereocenters. The molecular weight excluding hydrogens is 372 g/mol. The fourth-order valence-corrected chi connectivity index (χ4v) is 2.97. The summed E-state index contributed by atoms with van der Waals surface area (Å²) in [6.45, 7) is 0.312. The number of imide groups is 1. The first-order valence-electron chi connectivity index (χ1n) is 8.91. The predicted molar refractivity (Wildman–Crippen MR) is 102 cm³/mol. The third kappa shape index (κ3) is 3.84. The molecular formula is C22H16N2O5. The van der Waals surface area contributed by atoms with E-state index in [2.05, 4.69) is 4.98 Å². The van der Waals surface area contributed by atoms with E-state index in [0.717, 1.165) is 5.56 Å². The molecule has 1 aliphatic rings. The molecule has 7 heteroatoms. The Morgan fingerprint density at radius 2 is 1.48 bits per heavy atom. The van der Waals surface area contributed by atoms with Crippen LogP contribution in [0.15, 0.2) is 73.1 Å². The standard InChI is InChI=1S/C22H16N2O5/c25-20(29-24-21(26)17-6-2-3-7-18(17)22(24)27)13-16-5-1-4-8-19(16)28-14-15-9-11-23-12-10-15/h1-12H,13-14H2. The van der Waals surface area contributed by atoms with Crippen LogP contribution in [0.25, 0.3) is 0 Å². The average molecular weight is 388 g/mol. The molecule has 0 radical (unpaired) electrons. The molecule has 3 aromatic rings. The number of carbonyl (C=O) groups excluding carboxylic acids is 3. The quantitative estimate of drug-likeness (QED) is 0.604. The normalized spacial score (nSPS) is 12.6. The number of fused-ring (bicyclic) bond motifs is 1. The summed E-state index contributed by atoms with van der Waals surface area (Å²) in [6, 6.07) is 17.0. The summed E-state index contributed by atoms with van der Waals surface area (Å²) in [4.78, 5) is 46.1. The Hall–Kier alpha value is -4.00. The van der Waals surface area contributed by atoms with Crippen molar-refractivity contribution >= 4 is 17.8 Å². The van der Waals surface area contributed by atoms with Crippen molar-refractivity contribution in [2.75, 3.05) is 0 Å². The van der Waals surface area contributed by atoms with E-state index in [1.807, 2.05) is 12.1 Å². The molecule has 144 valence electrons. The van der Waals surface area contributed by atoms with E-state index in [1.54, 1.807) is 48.8 Å². The molecule has 2 amide bonds. The van der Waals surface area contributed by atoms with Crippen LogP contribution >= 0.6 is 0 Å². The van der Waals surface area contributed by atoms with Gasteiger partial charge < -0.3 is 9.57 Å². The minimum absolute atomic E-state index is 0.153. The number of pyridine rings is 1. The van der Waals surface area contributed by atoms with Gasteiger partial charge in [0.1, 0.15) is 12.4 Å². The van der Waals surface area contributed by atoms with Crippen molar-refractivity contribution < 1.29 is 24.0 Å². The number of benzene rings is 2. The van der Waals surface area contributed by atoms with Crippen molar-refractivity contribution in [1.29, 1.82) is 0 Å². The summed E-state index contributed by atoms with van der Waals surface area (Å²) in [7, 11) is 0. The Kier molecular flexibility index (Phi) is 5.03. The van der Waals surface area contributed by atoms with Crippen LogP contribution in [-0.2, 0) is 22.7 Å². The molecule has 0 N–H and O–H groups in total. The van der Waals surface area contributed by atoms with E-state index in [1.165, 1.54) is 12.1 Å². The van der Waals surface area contributed by atoms with Gasteiger partial charge in [0.15, 0.2) is 0 Å². The Labute approximate surface area is 166 Å². The first-order valence-corrected chi connectivity index (χ1v) is 8.91. The van der Waals surface area contributed by atoms with Gasteiger partial charge in [0, 0.05) is 18.0 Å². The number of hydroxylamine groups is 2. The molecule has 2 aromatic carbocycles. The Bertz CT molecular complexity index is 1050. The minimum atomic E-state index is -0.737. The average Bonchev–Trinajstić information content (AvgIpc) is 2.99. The molecule has 0 bridgehead atoms. The Balaban J connectivity index is 1.43. The third-order valence-corrected chi connectivity index (χ3v) is 4.40. The topological polar surface area (TPSA) is 85.8 Å². The number of ether oxygens (including phenoxy) is 1. The minimum Gasteiger partial charge on any atom is -0.489 e. The van der Waals surface area contributed by atoms with Crippen LogP contribution in [0.1, 0.15) is 31.8 Å². The molecule has 0 saturated carbocycles. The molecule has 2 heterocycles. The lowest BCUT2D eigenvalue weighted by Gasteiger charge is -2.14. The highest BCUT2D eigenvalue weighted by atomic mass is 16.7. The number of amides is 2. The van der Waals surface area contributed by atoms with Gasteiger partial charge in [-0.2, -0.15) is 0 Å². The molecule has 0 aliphatic carbocycles. The molecule has 0 saturated heterocycles. The van der Waals surface area contributed by atoms with Crippen LogP contribution in [-0.4, -0.2) is 27.8 Å². The number of hydrogen-bond donors (Lipinski definition) is 0. The summed E-state index contributed by atoms with van der Waals surface area (Å²) in [5.41, 5.74) is 1.95. The summed E-state index contributed by atoms with van der Waals surface area (Å²) >= 11 is 0. The molecule has 0 spiro atoms. The van der Waals surface area contributed by atoms with Crippen LogP contribution < -0.4 is 4.74 Å². The molecule has 1 aliphatic heterocycles. The van der Waals surface area contributed by atoms with Gasteiger partial charge in [-0.15, -0.1) is 0 Å². The zero-order chi connectivity index (χ0) is 20.2. The van der Waals surface area contributed by atoms with Gasteiger partial charge in [-0.3, -0.25) is 14.6 Å². The van der Waals surface area contributed by atoms with Crippen LogP contribution in [0.4, 0.5) is 0 Å². The van der Waals surface area contributed by atoms with E-state index in [9.17, 15) is 14.4 Å². The van der Waals surface area contributed by atoms with Gasteiger partial charge in [-0.1, -0.05) is 35.4 Å². The van der Waals surface area contributed by atoms with Gasteiger partial charge in [0.05, 0.1) is 17.5 Å². The van der Waals surface area contributed by atoms with Crippen LogP contribution in [0.5, 0.6) is 5.75 Å². The second-order valence-corrected chi connectivity index (χ2v) is 6.34. The zero-order valence-corrected chi connectivity index (χ0v) is 15.3. The Morgan fingerprint density at radius 3 is 2.17 bits per heavy atom. The monoisotopic (exact) mass is 388 g/mol. The fourth-order valence-electron chi connectivity index (χ4n) is 2.97. The van der Waals surface area contributed by atoms with Gasteiger partial charge >= 0.3 is 5.97 Å². The maximum Gasteiger partial charge on any atom is 0.337 e. The van der Waals surface area contributed by atoms with E-state index >= 15 is 0 Å². The lowest BCUT2D eigenvalue weighted by molar-refractivity contribution is -0.167. The summed E-state index contributed by atoms with van der Waals surface area (Å²) in [5, 5.41) is 0.507. The molecule has 29 heavy (non-hydrogen) atoms. The van der Waals surface area contributed by atoms with Crippen molar-refractivity contribution in [3.8, 4) is 5.75 Å². The number of hydrogen-bond acceptors (Lipinski definition) is 6. The summed E-state index contributed by atoms with van der Waals surface area (Å²) in [5.74, 6) is -1.52. The lowest BCUT2D eigenvalue weighted by Crippen LogP contribution is -2.33. The van der Waals surface area contributed by atoms with Crippen molar-refractivity contribution in [3.63, 3.8) is 0 Å². The fraction of sp³-hybridized carbons (Fsp3) is 0.0909. The number of carbonyl (C=O) groups is 3. The van der Waals surface area contributed by atoms with Crippen LogP contribution in [0.3, 0.4) is 0 Å². The van der Waals surface area contributed by atoms with Gasteiger partial charge in [0.25, 0.3) is 11.8 Å². The van der Waals surface area contributed by atoms with Crippen molar-refractivity contribution in [2.24, 2.45) is 0 Å². The highest BCUT2D eigenvalue weighted by Gasteiger charge is 2.38. The van der Waals surface area contributed by atoms with E-state index in [0.29, 0.717) is 23.0 Å². The maximum absolute atomic E-state index is 12.4. The maximum atomic E-state index is 12.4. The summed E-state index contributed by atoms with van der Waals surface area (Å²) < 4.78 is 5.80. The second-order valence-electron chi connectivity index (χ2n) is 6.34. The van der Waals surface area contributed by atoms with Crippen molar-refractivity contribution in [3.05, 3.63) is 95.3 Å². The predicted octanol–water partition coefficient (Wildman–Crippen LogP) is 2.96. The summed E-state index contributed by atoms with van der Waals surface area (Å²) in [6.07, 6.45) is 3.19. The zero-order valence-electron chi connectivity index (χ0n) is 15.3. The molecule has 1 aromatic heterocycles. The Morgan fingerprint density at radius 1 is 0.862 bits per heavy atom. The third-order valence-electron chi connectivity index (χ3n) is 4.40. The van der Waals surface area contributed by atoms with Gasteiger partial charge in [-0.25, -0.2) is 4.79 Å². The number of aromatic nitrogens is 1. The van der Waals surface area contributed by atoms with E-state index in [4.69, 9.17) is 9.57 Å². The van der Waals surface area contributed by atoms with E-state index in [-0.39, 0.29) is 17.5 Å². The SMILES string of the molecule is O=C(Cc1ccccc1OCc1ccncc1)ON1C(=O)c2ccccc2C1=O. The van der Waals surface area contributed by atoms with Crippen molar-refractivity contribution in [2.45, 2.75) is 13.0 Å². The first-order chi connectivity index (χ1) is 14.1. The number of nitrogens with zero attached hydrogens (tertiary/aromatic N) is 2. The smallest absolute Gasteiger partial charge is 0.337 e. The van der Waals surface area contributed by atoms with E-state index < -0.39 is 17.8 Å². The first kappa shape index (κ1) is 18.4. The van der Waals surface area contributed by atoms with Crippen molar-refractivity contribution in [1.82, 2.24) is 10.0 Å². The highest BCUT2D eigenvalue weighted by Crippen LogP contribution is 2.24. The lowest BCUT2D eigenvalue weighted by atomic mass is 10.1. The molecule has 0 fully saturated rings. The van der Waals surface area contributed by atoms with Gasteiger partial charge in [-0.05, 0) is 35.9 Å². The molecule has 0 atom stereocenters. The van der Waals surface area contributed by atoms with Gasteiger partial charge in [0.2, 0.25) is 0 Å². The second kappa shape index (κ2) is 7.93.